The van der Waals surface area contributed by atoms with Crippen LogP contribution in [0.25, 0.3) is 0 Å². The maximum Gasteiger partial charge on any atom is 0.128 e. The van der Waals surface area contributed by atoms with Gasteiger partial charge < -0.3 is 5.32 Å². The molecule has 1 N–H and O–H groups in total. The minimum Gasteiger partial charge on any atom is -0.381 e. The van der Waals surface area contributed by atoms with Crippen LogP contribution in [0, 0.1) is 5.82 Å². The van der Waals surface area contributed by atoms with Crippen LogP contribution in [0.5, 0.6) is 0 Å². The zero-order chi connectivity index (χ0) is 10.5. The van der Waals surface area contributed by atoms with E-state index in [9.17, 15) is 4.39 Å². The van der Waals surface area contributed by atoms with E-state index in [-0.39, 0.29) is 5.82 Å². The topological polar surface area (TPSA) is 24.9 Å². The lowest BCUT2D eigenvalue weighted by atomic mass is 10.2. The first kappa shape index (κ1) is 9.65. The molecule has 2 nitrogen and oxygen atoms in total. The van der Waals surface area contributed by atoms with Crippen LogP contribution in [0.15, 0.2) is 48.8 Å². The van der Waals surface area contributed by atoms with Gasteiger partial charge in [-0.25, -0.2) is 4.39 Å². The summed E-state index contributed by atoms with van der Waals surface area (Å²) in [4.78, 5) is 3.90. The molecule has 3 heteroatoms. The van der Waals surface area contributed by atoms with Crippen molar-refractivity contribution in [3.05, 3.63) is 60.2 Å². The van der Waals surface area contributed by atoms with Gasteiger partial charge in [-0.05, 0) is 18.2 Å². The zero-order valence-corrected chi connectivity index (χ0v) is 8.15. The molecule has 2 aromatic rings. The van der Waals surface area contributed by atoms with Gasteiger partial charge in [0.1, 0.15) is 5.82 Å². The Labute approximate surface area is 87.8 Å². The highest BCUT2D eigenvalue weighted by molar-refractivity contribution is 5.41. The van der Waals surface area contributed by atoms with Crippen LogP contribution in [0.1, 0.15) is 5.56 Å². The van der Waals surface area contributed by atoms with Crippen molar-refractivity contribution in [3.63, 3.8) is 0 Å². The van der Waals surface area contributed by atoms with Gasteiger partial charge in [-0.1, -0.05) is 18.2 Å². The van der Waals surface area contributed by atoms with Crippen LogP contribution in [-0.4, -0.2) is 4.98 Å². The van der Waals surface area contributed by atoms with Gasteiger partial charge in [-0.3, -0.25) is 4.98 Å². The van der Waals surface area contributed by atoms with Gasteiger partial charge >= 0.3 is 0 Å². The van der Waals surface area contributed by atoms with E-state index in [1.165, 1.54) is 6.07 Å². The van der Waals surface area contributed by atoms with Crippen molar-refractivity contribution in [1.29, 1.82) is 0 Å². The second-order valence-corrected chi connectivity index (χ2v) is 3.18. The van der Waals surface area contributed by atoms with E-state index in [0.717, 1.165) is 5.69 Å². The van der Waals surface area contributed by atoms with Crippen LogP contribution < -0.4 is 5.32 Å². The summed E-state index contributed by atoms with van der Waals surface area (Å²) in [7, 11) is 0. The average Bonchev–Trinajstić information content (AvgIpc) is 2.29. The number of anilines is 1. The fourth-order valence-electron chi connectivity index (χ4n) is 1.31. The summed E-state index contributed by atoms with van der Waals surface area (Å²) in [6, 6.07) is 10.4. The van der Waals surface area contributed by atoms with Gasteiger partial charge in [-0.15, -0.1) is 0 Å². The first-order valence-corrected chi connectivity index (χ1v) is 4.73. The lowest BCUT2D eigenvalue weighted by Crippen LogP contribution is -2.01. The summed E-state index contributed by atoms with van der Waals surface area (Å²) in [6.07, 6.45) is 3.40. The Bertz CT molecular complexity index is 429. The lowest BCUT2D eigenvalue weighted by Gasteiger charge is -2.06. The predicted octanol–water partition coefficient (Wildman–Crippen LogP) is 2.83. The summed E-state index contributed by atoms with van der Waals surface area (Å²) >= 11 is 0. The number of pyridine rings is 1. The fraction of sp³-hybridized carbons (Fsp3) is 0.0833. The number of hydrogen-bond acceptors (Lipinski definition) is 2. The third-order valence-corrected chi connectivity index (χ3v) is 2.12. The molecule has 15 heavy (non-hydrogen) atoms. The highest BCUT2D eigenvalue weighted by Crippen LogP contribution is 2.10. The van der Waals surface area contributed by atoms with Gasteiger partial charge in [0.2, 0.25) is 0 Å². The molecule has 1 aromatic carbocycles. The molecule has 0 bridgehead atoms. The largest absolute Gasteiger partial charge is 0.381 e. The Morgan fingerprint density at radius 1 is 1.07 bits per heavy atom. The Kier molecular flexibility index (Phi) is 2.93. The zero-order valence-electron chi connectivity index (χ0n) is 8.15. The van der Waals surface area contributed by atoms with Crippen molar-refractivity contribution in [3.8, 4) is 0 Å². The standard InChI is InChI=1S/C12H11FN2/c13-12-4-2-1-3-10(12)9-15-11-5-7-14-8-6-11/h1-8H,9H2,(H,14,15). The molecule has 0 atom stereocenters. The van der Waals surface area contributed by atoms with E-state index >= 15 is 0 Å². The molecule has 1 aromatic heterocycles. The molecular formula is C12H11FN2. The number of rotatable bonds is 3. The highest BCUT2D eigenvalue weighted by Gasteiger charge is 1.99. The molecule has 0 spiro atoms. The number of aromatic nitrogens is 1. The Morgan fingerprint density at radius 2 is 1.80 bits per heavy atom. The SMILES string of the molecule is Fc1ccccc1CNc1ccncc1. The average molecular weight is 202 g/mol. The summed E-state index contributed by atoms with van der Waals surface area (Å²) < 4.78 is 13.2. The maximum atomic E-state index is 13.2. The second-order valence-electron chi connectivity index (χ2n) is 3.18. The molecule has 0 radical (unpaired) electrons. The third kappa shape index (κ3) is 2.53. The monoisotopic (exact) mass is 202 g/mol. The third-order valence-electron chi connectivity index (χ3n) is 2.12. The van der Waals surface area contributed by atoms with Gasteiger partial charge in [0, 0.05) is 30.2 Å². The Morgan fingerprint density at radius 3 is 2.53 bits per heavy atom. The van der Waals surface area contributed by atoms with Crippen molar-refractivity contribution in [2.75, 3.05) is 5.32 Å². The van der Waals surface area contributed by atoms with Gasteiger partial charge in [0.15, 0.2) is 0 Å². The molecule has 0 aliphatic rings. The molecule has 0 fully saturated rings. The number of hydrogen-bond donors (Lipinski definition) is 1. The van der Waals surface area contributed by atoms with Crippen molar-refractivity contribution >= 4 is 5.69 Å². The summed E-state index contributed by atoms with van der Waals surface area (Å²) in [5, 5.41) is 3.12. The van der Waals surface area contributed by atoms with Gasteiger partial charge in [0.05, 0.1) is 0 Å². The van der Waals surface area contributed by atoms with Crippen molar-refractivity contribution in [2.24, 2.45) is 0 Å². The molecule has 0 amide bonds. The van der Waals surface area contributed by atoms with Crippen molar-refractivity contribution in [2.45, 2.75) is 6.54 Å². The first-order chi connectivity index (χ1) is 7.36. The van der Waals surface area contributed by atoms with Crippen molar-refractivity contribution in [1.82, 2.24) is 4.98 Å². The van der Waals surface area contributed by atoms with E-state index < -0.39 is 0 Å². The van der Waals surface area contributed by atoms with Crippen LogP contribution in [0.4, 0.5) is 10.1 Å². The normalized spacial score (nSPS) is 9.93. The summed E-state index contributed by atoms with van der Waals surface area (Å²) in [6.45, 7) is 0.483. The van der Waals surface area contributed by atoms with Crippen LogP contribution >= 0.6 is 0 Å². The molecule has 76 valence electrons. The smallest absolute Gasteiger partial charge is 0.128 e. The molecule has 0 aliphatic heterocycles. The number of halogens is 1. The molecule has 2 rings (SSSR count). The van der Waals surface area contributed by atoms with Crippen LogP contribution in [0.2, 0.25) is 0 Å². The van der Waals surface area contributed by atoms with E-state index in [0.29, 0.717) is 12.1 Å². The van der Waals surface area contributed by atoms with Crippen LogP contribution in [0.3, 0.4) is 0 Å². The van der Waals surface area contributed by atoms with E-state index in [1.54, 1.807) is 24.5 Å². The van der Waals surface area contributed by atoms with E-state index in [4.69, 9.17) is 0 Å². The number of nitrogens with one attached hydrogen (secondary N) is 1. The minimum absolute atomic E-state index is 0.181. The number of benzene rings is 1. The molecule has 1 heterocycles. The fourth-order valence-corrected chi connectivity index (χ4v) is 1.31. The van der Waals surface area contributed by atoms with E-state index in [1.807, 2.05) is 18.2 Å². The quantitative estimate of drug-likeness (QED) is 0.827. The summed E-state index contributed by atoms with van der Waals surface area (Å²) in [5.41, 5.74) is 1.60. The molecule has 0 unspecified atom stereocenters. The molecular weight excluding hydrogens is 191 g/mol. The molecule has 0 saturated carbocycles. The highest BCUT2D eigenvalue weighted by atomic mass is 19.1. The second kappa shape index (κ2) is 4.55. The van der Waals surface area contributed by atoms with E-state index in [2.05, 4.69) is 10.3 Å². The molecule has 0 aliphatic carbocycles. The summed E-state index contributed by atoms with van der Waals surface area (Å²) in [5.74, 6) is -0.181. The Balaban J connectivity index is 2.03. The number of nitrogens with zero attached hydrogens (tertiary/aromatic N) is 1. The first-order valence-electron chi connectivity index (χ1n) is 4.73. The Hall–Kier alpha value is -1.90. The van der Waals surface area contributed by atoms with Crippen molar-refractivity contribution < 1.29 is 4.39 Å². The van der Waals surface area contributed by atoms with Crippen LogP contribution in [-0.2, 0) is 6.54 Å². The lowest BCUT2D eigenvalue weighted by molar-refractivity contribution is 0.613. The van der Waals surface area contributed by atoms with Gasteiger partial charge in [-0.2, -0.15) is 0 Å². The maximum absolute atomic E-state index is 13.2. The molecule has 0 saturated heterocycles. The predicted molar refractivity (Wildman–Crippen MR) is 58.0 cm³/mol. The minimum atomic E-state index is -0.181. The van der Waals surface area contributed by atoms with Gasteiger partial charge in [0.25, 0.3) is 0 Å².